The molecule has 0 amide bonds. The molecule has 0 unspecified atom stereocenters. The molecule has 0 radical (unpaired) electrons. The Hall–Kier alpha value is -3.77. The third-order valence-electron chi connectivity index (χ3n) is 7.04. The van der Waals surface area contributed by atoms with Gasteiger partial charge in [-0.2, -0.15) is 0 Å². The Kier molecular flexibility index (Phi) is 6.96. The molecule has 1 aliphatic rings. The number of methoxy groups -OCH3 is 3. The molecule has 36 heavy (non-hydrogen) atoms. The van der Waals surface area contributed by atoms with Crippen molar-refractivity contribution in [3.63, 3.8) is 0 Å². The molecule has 0 saturated carbocycles. The first-order valence-corrected chi connectivity index (χ1v) is 12.2. The molecule has 1 fully saturated rings. The number of furan rings is 1. The van der Waals surface area contributed by atoms with Gasteiger partial charge in [0, 0.05) is 29.0 Å². The molecule has 6 nitrogen and oxygen atoms in total. The second kappa shape index (κ2) is 10.5. The number of likely N-dealkylation sites (tertiary alicyclic amines) is 1. The fourth-order valence-electron chi connectivity index (χ4n) is 5.07. The van der Waals surface area contributed by atoms with Crippen molar-refractivity contribution < 1.29 is 23.4 Å². The van der Waals surface area contributed by atoms with Crippen molar-refractivity contribution in [2.24, 2.45) is 0 Å². The summed E-state index contributed by atoms with van der Waals surface area (Å²) < 4.78 is 22.6. The second-order valence-electron chi connectivity index (χ2n) is 9.12. The summed E-state index contributed by atoms with van der Waals surface area (Å²) in [6.07, 6.45) is 1.82. The van der Waals surface area contributed by atoms with Gasteiger partial charge in [0.05, 0.1) is 26.9 Å². The molecule has 4 aromatic rings. The first kappa shape index (κ1) is 23.9. The Morgan fingerprint density at radius 3 is 2.28 bits per heavy atom. The first-order valence-electron chi connectivity index (χ1n) is 12.2. The summed E-state index contributed by atoms with van der Waals surface area (Å²) >= 11 is 0. The molecule has 5 rings (SSSR count). The average Bonchev–Trinajstić information content (AvgIpc) is 3.32. The molecule has 0 spiro atoms. The maximum Gasteiger partial charge on any atom is 0.197 e. The van der Waals surface area contributed by atoms with Crippen molar-refractivity contribution in [1.82, 2.24) is 4.90 Å². The molecule has 6 heteroatoms. The zero-order valence-electron chi connectivity index (χ0n) is 21.0. The fourth-order valence-corrected chi connectivity index (χ4v) is 5.07. The zero-order valence-corrected chi connectivity index (χ0v) is 21.0. The molecule has 1 aromatic heterocycles. The highest BCUT2D eigenvalue weighted by Gasteiger charge is 2.30. The van der Waals surface area contributed by atoms with Gasteiger partial charge in [-0.05, 0) is 74.5 Å². The van der Waals surface area contributed by atoms with Crippen LogP contribution in [0.5, 0.6) is 17.2 Å². The van der Waals surface area contributed by atoms with Crippen LogP contribution in [0.1, 0.15) is 46.0 Å². The number of hydrogen-bond donors (Lipinski definition) is 0. The van der Waals surface area contributed by atoms with E-state index in [0.29, 0.717) is 11.1 Å². The van der Waals surface area contributed by atoms with Crippen LogP contribution in [0, 0.1) is 0 Å². The maximum absolute atomic E-state index is 13.7. The number of hydrogen-bond acceptors (Lipinski definition) is 6. The number of ketones is 1. The summed E-state index contributed by atoms with van der Waals surface area (Å²) in [5.41, 5.74) is 3.18. The molecule has 0 N–H and O–H groups in total. The summed E-state index contributed by atoms with van der Waals surface area (Å²) in [4.78, 5) is 16.1. The second-order valence-corrected chi connectivity index (χ2v) is 9.12. The first-order chi connectivity index (χ1) is 17.6. The van der Waals surface area contributed by atoms with Gasteiger partial charge in [-0.3, -0.25) is 9.69 Å². The normalized spacial score (nSPS) is 14.6. The highest BCUT2D eigenvalue weighted by atomic mass is 16.5. The summed E-state index contributed by atoms with van der Waals surface area (Å²) in [6, 6.07) is 21.0. The van der Waals surface area contributed by atoms with Gasteiger partial charge in [-0.25, -0.2) is 0 Å². The molecule has 0 atom stereocenters. The smallest absolute Gasteiger partial charge is 0.197 e. The van der Waals surface area contributed by atoms with Gasteiger partial charge in [0.2, 0.25) is 0 Å². The number of carbonyl (C=O) groups excluding carboxylic acids is 1. The van der Waals surface area contributed by atoms with Crippen LogP contribution in [0.3, 0.4) is 0 Å². The minimum absolute atomic E-state index is 0.0128. The van der Waals surface area contributed by atoms with Gasteiger partial charge in [-0.15, -0.1) is 0 Å². The highest BCUT2D eigenvalue weighted by Crippen LogP contribution is 2.38. The third-order valence-corrected chi connectivity index (χ3v) is 7.04. The largest absolute Gasteiger partial charge is 0.497 e. The Balaban J connectivity index is 1.38. The van der Waals surface area contributed by atoms with Gasteiger partial charge in [0.25, 0.3) is 0 Å². The van der Waals surface area contributed by atoms with Crippen LogP contribution in [-0.4, -0.2) is 45.1 Å². The van der Waals surface area contributed by atoms with E-state index < -0.39 is 0 Å². The van der Waals surface area contributed by atoms with E-state index >= 15 is 0 Å². The minimum Gasteiger partial charge on any atom is -0.497 e. The molecular formula is C30H31NO5. The van der Waals surface area contributed by atoms with Crippen LogP contribution >= 0.6 is 0 Å². The van der Waals surface area contributed by atoms with Crippen LogP contribution in [0.25, 0.3) is 11.0 Å². The molecule has 0 aliphatic carbocycles. The van der Waals surface area contributed by atoms with Gasteiger partial charge in [0.1, 0.15) is 28.6 Å². The van der Waals surface area contributed by atoms with E-state index in [1.54, 1.807) is 21.3 Å². The average molecular weight is 486 g/mol. The SMILES string of the molecule is COc1ccc(C(=O)c2c(C3CCN(Cc4cc(OC)ccc4OC)CC3)oc3ccccc23)cc1. The summed E-state index contributed by atoms with van der Waals surface area (Å²) in [7, 11) is 4.99. The van der Waals surface area contributed by atoms with Crippen molar-refractivity contribution >= 4 is 16.8 Å². The number of carbonyl (C=O) groups is 1. The number of benzene rings is 3. The molecular weight excluding hydrogens is 454 g/mol. The molecule has 0 bridgehead atoms. The van der Waals surface area contributed by atoms with Gasteiger partial charge < -0.3 is 18.6 Å². The Morgan fingerprint density at radius 1 is 0.889 bits per heavy atom. The van der Waals surface area contributed by atoms with E-state index in [1.165, 1.54) is 0 Å². The zero-order chi connectivity index (χ0) is 25.1. The molecule has 1 saturated heterocycles. The van der Waals surface area contributed by atoms with Crippen LogP contribution in [0.4, 0.5) is 0 Å². The highest BCUT2D eigenvalue weighted by molar-refractivity contribution is 6.17. The number of nitrogens with zero attached hydrogens (tertiary/aromatic N) is 1. The standard InChI is InChI=1S/C30H31NO5/c1-33-23-10-8-20(9-11-23)29(32)28-25-6-4-5-7-27(25)36-30(28)21-14-16-31(17-15-21)19-22-18-24(34-2)12-13-26(22)35-3/h4-13,18,21H,14-17,19H2,1-3H3. The van der Waals surface area contributed by atoms with Gasteiger partial charge in [-0.1, -0.05) is 18.2 Å². The van der Waals surface area contributed by atoms with E-state index in [0.717, 1.165) is 72.0 Å². The quantitative estimate of drug-likeness (QED) is 0.282. The predicted molar refractivity (Wildman–Crippen MR) is 139 cm³/mol. The van der Waals surface area contributed by atoms with Crippen molar-refractivity contribution in [2.75, 3.05) is 34.4 Å². The predicted octanol–water partition coefficient (Wildman–Crippen LogP) is 6.07. The van der Waals surface area contributed by atoms with E-state index in [1.807, 2.05) is 66.7 Å². The van der Waals surface area contributed by atoms with Crippen molar-refractivity contribution in [3.8, 4) is 17.2 Å². The lowest BCUT2D eigenvalue weighted by atomic mass is 9.88. The minimum atomic E-state index is -0.0128. The molecule has 3 aromatic carbocycles. The van der Waals surface area contributed by atoms with Crippen LogP contribution in [0.15, 0.2) is 71.1 Å². The maximum atomic E-state index is 13.7. The van der Waals surface area contributed by atoms with Gasteiger partial charge >= 0.3 is 0 Å². The lowest BCUT2D eigenvalue weighted by molar-refractivity contribution is 0.103. The summed E-state index contributed by atoms with van der Waals surface area (Å²) in [5.74, 6) is 3.38. The molecule has 186 valence electrons. The number of para-hydroxylation sites is 1. The van der Waals surface area contributed by atoms with E-state index in [2.05, 4.69) is 4.90 Å². The molecule has 2 heterocycles. The lowest BCUT2D eigenvalue weighted by Crippen LogP contribution is -2.32. The fraction of sp³-hybridized carbons (Fsp3) is 0.300. The van der Waals surface area contributed by atoms with Crippen LogP contribution < -0.4 is 14.2 Å². The Bertz CT molecular complexity index is 1350. The number of ether oxygens (including phenoxy) is 3. The number of piperidine rings is 1. The van der Waals surface area contributed by atoms with Crippen molar-refractivity contribution in [1.29, 1.82) is 0 Å². The monoisotopic (exact) mass is 485 g/mol. The van der Waals surface area contributed by atoms with E-state index in [9.17, 15) is 4.79 Å². The number of rotatable bonds is 8. The third kappa shape index (κ3) is 4.69. The van der Waals surface area contributed by atoms with Crippen molar-refractivity contribution in [2.45, 2.75) is 25.3 Å². The number of fused-ring (bicyclic) bond motifs is 1. The summed E-state index contributed by atoms with van der Waals surface area (Å²) in [6.45, 7) is 2.58. The van der Waals surface area contributed by atoms with Crippen LogP contribution in [0.2, 0.25) is 0 Å². The van der Waals surface area contributed by atoms with Crippen LogP contribution in [-0.2, 0) is 6.54 Å². The topological polar surface area (TPSA) is 61.1 Å². The van der Waals surface area contributed by atoms with Crippen molar-refractivity contribution in [3.05, 3.63) is 89.2 Å². The molecule has 1 aliphatic heterocycles. The summed E-state index contributed by atoms with van der Waals surface area (Å²) in [5, 5.41) is 0.872. The van der Waals surface area contributed by atoms with E-state index in [4.69, 9.17) is 18.6 Å². The van der Waals surface area contributed by atoms with Gasteiger partial charge in [0.15, 0.2) is 5.78 Å². The lowest BCUT2D eigenvalue weighted by Gasteiger charge is -2.31. The van der Waals surface area contributed by atoms with E-state index in [-0.39, 0.29) is 11.7 Å². The Labute approximate surface area is 211 Å². The Morgan fingerprint density at radius 2 is 1.58 bits per heavy atom.